The Hall–Kier alpha value is -1.14. The van der Waals surface area contributed by atoms with Gasteiger partial charge < -0.3 is 14.8 Å². The van der Waals surface area contributed by atoms with E-state index in [2.05, 4.69) is 15.0 Å². The Morgan fingerprint density at radius 2 is 2.35 bits per heavy atom. The highest BCUT2D eigenvalue weighted by molar-refractivity contribution is 7.13. The van der Waals surface area contributed by atoms with Crippen molar-refractivity contribution >= 4 is 22.4 Å². The molecular formula is C11H18N2O3S. The van der Waals surface area contributed by atoms with Gasteiger partial charge in [-0.3, -0.25) is 4.79 Å². The van der Waals surface area contributed by atoms with Crippen LogP contribution in [-0.2, 0) is 20.7 Å². The van der Waals surface area contributed by atoms with Gasteiger partial charge in [0.2, 0.25) is 0 Å². The Bertz CT molecular complexity index is 341. The van der Waals surface area contributed by atoms with Crippen molar-refractivity contribution in [3.05, 3.63) is 11.1 Å². The molecule has 0 saturated carbocycles. The molecule has 0 aliphatic heterocycles. The molecule has 0 fully saturated rings. The van der Waals surface area contributed by atoms with Gasteiger partial charge in [0.1, 0.15) is 0 Å². The second kappa shape index (κ2) is 8.03. The molecule has 1 aromatic rings. The Balaban J connectivity index is 2.25. The molecule has 0 saturated heterocycles. The van der Waals surface area contributed by atoms with Crippen LogP contribution in [0.25, 0.3) is 0 Å². The van der Waals surface area contributed by atoms with E-state index in [9.17, 15) is 4.79 Å². The molecule has 0 aliphatic carbocycles. The summed E-state index contributed by atoms with van der Waals surface area (Å²) in [7, 11) is 3.08. The lowest BCUT2D eigenvalue weighted by atomic mass is 10.2. The standard InChI is InChI=1S/C11H18N2O3S/c1-15-7-3-6-12-11-13-9(8-17-11)4-5-10(14)16-2/h8H,3-7H2,1-2H3,(H,12,13). The maximum absolute atomic E-state index is 11.0. The minimum Gasteiger partial charge on any atom is -0.469 e. The number of nitrogens with zero attached hydrogens (tertiary/aromatic N) is 1. The van der Waals surface area contributed by atoms with Crippen LogP contribution >= 0.6 is 11.3 Å². The van der Waals surface area contributed by atoms with Crippen molar-refractivity contribution in [3.63, 3.8) is 0 Å². The lowest BCUT2D eigenvalue weighted by Gasteiger charge is -2.01. The van der Waals surface area contributed by atoms with Gasteiger partial charge in [0.25, 0.3) is 0 Å². The fraction of sp³-hybridized carbons (Fsp3) is 0.636. The molecule has 1 aromatic heterocycles. The zero-order valence-corrected chi connectivity index (χ0v) is 11.0. The van der Waals surface area contributed by atoms with Crippen molar-refractivity contribution in [2.75, 3.05) is 32.7 Å². The van der Waals surface area contributed by atoms with E-state index in [1.54, 1.807) is 18.4 Å². The van der Waals surface area contributed by atoms with Crippen LogP contribution in [0.5, 0.6) is 0 Å². The number of esters is 1. The largest absolute Gasteiger partial charge is 0.469 e. The van der Waals surface area contributed by atoms with Crippen LogP contribution in [0.1, 0.15) is 18.5 Å². The third kappa shape index (κ3) is 5.65. The average Bonchev–Trinajstić information content (AvgIpc) is 2.79. The number of rotatable bonds is 8. The smallest absolute Gasteiger partial charge is 0.305 e. The van der Waals surface area contributed by atoms with Gasteiger partial charge >= 0.3 is 5.97 Å². The van der Waals surface area contributed by atoms with Gasteiger partial charge in [-0.15, -0.1) is 11.3 Å². The molecular weight excluding hydrogens is 240 g/mol. The van der Waals surface area contributed by atoms with E-state index < -0.39 is 0 Å². The number of thiazole rings is 1. The molecule has 0 amide bonds. The third-order valence-electron chi connectivity index (χ3n) is 2.17. The van der Waals surface area contributed by atoms with E-state index in [1.807, 2.05) is 5.38 Å². The maximum Gasteiger partial charge on any atom is 0.305 e. The lowest BCUT2D eigenvalue weighted by molar-refractivity contribution is -0.140. The lowest BCUT2D eigenvalue weighted by Crippen LogP contribution is -2.05. The number of nitrogens with one attached hydrogen (secondary N) is 1. The number of aromatic nitrogens is 1. The van der Waals surface area contributed by atoms with Crippen LogP contribution in [-0.4, -0.2) is 38.3 Å². The monoisotopic (exact) mass is 258 g/mol. The molecule has 1 rings (SSSR count). The highest BCUT2D eigenvalue weighted by Gasteiger charge is 2.05. The number of carbonyl (C=O) groups excluding carboxylic acids is 1. The zero-order chi connectivity index (χ0) is 12.5. The van der Waals surface area contributed by atoms with E-state index in [1.165, 1.54) is 7.11 Å². The minimum absolute atomic E-state index is 0.201. The van der Waals surface area contributed by atoms with Crippen molar-refractivity contribution in [2.24, 2.45) is 0 Å². The molecule has 0 aliphatic rings. The van der Waals surface area contributed by atoms with Crippen LogP contribution in [0.3, 0.4) is 0 Å². The van der Waals surface area contributed by atoms with Gasteiger partial charge in [0.15, 0.2) is 5.13 Å². The Morgan fingerprint density at radius 1 is 1.53 bits per heavy atom. The predicted molar refractivity (Wildman–Crippen MR) is 67.4 cm³/mol. The van der Waals surface area contributed by atoms with Crippen LogP contribution in [0.4, 0.5) is 5.13 Å². The van der Waals surface area contributed by atoms with Crippen molar-refractivity contribution in [3.8, 4) is 0 Å². The fourth-order valence-electron chi connectivity index (χ4n) is 1.25. The quantitative estimate of drug-likeness (QED) is 0.568. The molecule has 0 atom stereocenters. The maximum atomic E-state index is 11.0. The van der Waals surface area contributed by atoms with Gasteiger partial charge in [0.05, 0.1) is 19.2 Å². The van der Waals surface area contributed by atoms with Crippen molar-refractivity contribution in [2.45, 2.75) is 19.3 Å². The molecule has 0 spiro atoms. The zero-order valence-electron chi connectivity index (χ0n) is 10.2. The third-order valence-corrected chi connectivity index (χ3v) is 3.01. The number of carbonyl (C=O) groups is 1. The summed E-state index contributed by atoms with van der Waals surface area (Å²) in [6, 6.07) is 0. The second-order valence-corrected chi connectivity index (χ2v) is 4.35. The Kier molecular flexibility index (Phi) is 6.57. The van der Waals surface area contributed by atoms with Gasteiger partial charge in [-0.05, 0) is 6.42 Å². The molecule has 5 nitrogen and oxygen atoms in total. The number of methoxy groups -OCH3 is 2. The summed E-state index contributed by atoms with van der Waals surface area (Å²) in [4.78, 5) is 15.3. The van der Waals surface area contributed by atoms with Crippen LogP contribution in [0.15, 0.2) is 5.38 Å². The van der Waals surface area contributed by atoms with Gasteiger partial charge in [-0.2, -0.15) is 0 Å². The summed E-state index contributed by atoms with van der Waals surface area (Å²) < 4.78 is 9.53. The predicted octanol–water partition coefficient (Wildman–Crippen LogP) is 1.70. The van der Waals surface area contributed by atoms with E-state index in [0.717, 1.165) is 30.4 Å². The van der Waals surface area contributed by atoms with Crippen LogP contribution < -0.4 is 5.32 Å². The van der Waals surface area contributed by atoms with Crippen molar-refractivity contribution < 1.29 is 14.3 Å². The minimum atomic E-state index is -0.201. The molecule has 0 bridgehead atoms. The second-order valence-electron chi connectivity index (χ2n) is 3.49. The van der Waals surface area contributed by atoms with E-state index in [0.29, 0.717) is 12.8 Å². The first-order valence-electron chi connectivity index (χ1n) is 5.50. The summed E-state index contributed by atoms with van der Waals surface area (Å²) in [6.07, 6.45) is 1.96. The molecule has 6 heteroatoms. The highest BCUT2D eigenvalue weighted by Crippen LogP contribution is 2.16. The van der Waals surface area contributed by atoms with Gasteiger partial charge in [0, 0.05) is 32.1 Å². The molecule has 1 N–H and O–H groups in total. The Labute approximate surface area is 105 Å². The van der Waals surface area contributed by atoms with Crippen molar-refractivity contribution in [1.82, 2.24) is 4.98 Å². The van der Waals surface area contributed by atoms with E-state index in [4.69, 9.17) is 4.74 Å². The summed E-state index contributed by atoms with van der Waals surface area (Å²) in [5, 5.41) is 6.06. The molecule has 0 aromatic carbocycles. The summed E-state index contributed by atoms with van der Waals surface area (Å²) in [5.41, 5.74) is 0.926. The number of aryl methyl sites for hydroxylation is 1. The van der Waals surface area contributed by atoms with Gasteiger partial charge in [-0.25, -0.2) is 4.98 Å². The summed E-state index contributed by atoms with van der Waals surface area (Å²) >= 11 is 1.55. The van der Waals surface area contributed by atoms with Gasteiger partial charge in [-0.1, -0.05) is 0 Å². The molecule has 96 valence electrons. The first-order valence-corrected chi connectivity index (χ1v) is 6.38. The summed E-state index contributed by atoms with van der Waals surface area (Å²) in [6.45, 7) is 1.59. The van der Waals surface area contributed by atoms with Crippen LogP contribution in [0, 0.1) is 0 Å². The first kappa shape index (κ1) is 13.9. The molecule has 17 heavy (non-hydrogen) atoms. The van der Waals surface area contributed by atoms with E-state index in [-0.39, 0.29) is 5.97 Å². The average molecular weight is 258 g/mol. The fourth-order valence-corrected chi connectivity index (χ4v) is 2.02. The van der Waals surface area contributed by atoms with Crippen LogP contribution in [0.2, 0.25) is 0 Å². The SMILES string of the molecule is COCCCNc1nc(CCC(=O)OC)cs1. The number of hydrogen-bond donors (Lipinski definition) is 1. The number of ether oxygens (including phenoxy) is 2. The molecule has 1 heterocycles. The number of anilines is 1. The van der Waals surface area contributed by atoms with E-state index >= 15 is 0 Å². The molecule has 0 unspecified atom stereocenters. The number of hydrogen-bond acceptors (Lipinski definition) is 6. The highest BCUT2D eigenvalue weighted by atomic mass is 32.1. The topological polar surface area (TPSA) is 60.5 Å². The molecule has 0 radical (unpaired) electrons. The van der Waals surface area contributed by atoms with Crippen molar-refractivity contribution in [1.29, 1.82) is 0 Å². The summed E-state index contributed by atoms with van der Waals surface area (Å²) in [5.74, 6) is -0.201. The Morgan fingerprint density at radius 3 is 3.06 bits per heavy atom. The first-order chi connectivity index (χ1) is 8.26. The normalized spacial score (nSPS) is 10.2.